The number of rotatable bonds is 4. The summed E-state index contributed by atoms with van der Waals surface area (Å²) in [6, 6.07) is 0.514. The molecule has 3 nitrogen and oxygen atoms in total. The van der Waals surface area contributed by atoms with E-state index in [1.807, 2.05) is 0 Å². The Morgan fingerprint density at radius 1 is 1.38 bits per heavy atom. The summed E-state index contributed by atoms with van der Waals surface area (Å²) in [7, 11) is 0. The number of hydrogen-bond donors (Lipinski definition) is 3. The van der Waals surface area contributed by atoms with Crippen LogP contribution in [0, 0.1) is 0 Å². The summed E-state index contributed by atoms with van der Waals surface area (Å²) in [5.41, 5.74) is 5.72. The molecule has 2 atom stereocenters. The Kier molecular flexibility index (Phi) is 4.70. The van der Waals surface area contributed by atoms with Crippen LogP contribution < -0.4 is 11.1 Å². The Bertz CT molecular complexity index is 133. The van der Waals surface area contributed by atoms with Crippen molar-refractivity contribution in [2.24, 2.45) is 5.73 Å². The largest absolute Gasteiger partial charge is 0.392 e. The van der Waals surface area contributed by atoms with Crippen LogP contribution in [-0.4, -0.2) is 29.8 Å². The van der Waals surface area contributed by atoms with Gasteiger partial charge in [-0.1, -0.05) is 19.3 Å². The lowest BCUT2D eigenvalue weighted by atomic mass is 9.95. The summed E-state index contributed by atoms with van der Waals surface area (Å²) >= 11 is 0. The van der Waals surface area contributed by atoms with Gasteiger partial charge in [-0.15, -0.1) is 0 Å². The first kappa shape index (κ1) is 11.0. The molecule has 0 radical (unpaired) electrons. The maximum atomic E-state index is 9.19. The molecule has 1 aliphatic carbocycles. The Balaban J connectivity index is 2.10. The van der Waals surface area contributed by atoms with E-state index in [4.69, 9.17) is 5.73 Å². The lowest BCUT2D eigenvalue weighted by molar-refractivity contribution is 0.159. The van der Waals surface area contributed by atoms with Crippen molar-refractivity contribution < 1.29 is 5.11 Å². The van der Waals surface area contributed by atoms with E-state index < -0.39 is 6.10 Å². The number of aliphatic hydroxyl groups excluding tert-OH is 1. The van der Waals surface area contributed by atoms with E-state index in [0.29, 0.717) is 6.04 Å². The molecule has 0 aromatic rings. The molecule has 2 unspecified atom stereocenters. The lowest BCUT2D eigenvalue weighted by Crippen LogP contribution is -2.45. The van der Waals surface area contributed by atoms with Crippen LogP contribution in [0.3, 0.4) is 0 Å². The molecule has 1 fully saturated rings. The molecule has 0 heterocycles. The first-order valence-electron chi connectivity index (χ1n) is 5.37. The van der Waals surface area contributed by atoms with Crippen molar-refractivity contribution in [3.63, 3.8) is 0 Å². The van der Waals surface area contributed by atoms with Crippen LogP contribution in [0.2, 0.25) is 0 Å². The topological polar surface area (TPSA) is 58.3 Å². The normalized spacial score (nSPS) is 24.2. The predicted octanol–water partition coefficient (Wildman–Crippen LogP) is 0.617. The fourth-order valence-electron chi connectivity index (χ4n) is 1.78. The highest BCUT2D eigenvalue weighted by Gasteiger charge is 2.15. The van der Waals surface area contributed by atoms with Gasteiger partial charge in [0.1, 0.15) is 0 Å². The summed E-state index contributed by atoms with van der Waals surface area (Å²) in [5, 5.41) is 12.6. The minimum absolute atomic E-state index is 0.123. The number of hydrogen-bond acceptors (Lipinski definition) is 3. The summed E-state index contributed by atoms with van der Waals surface area (Å²) in [5.74, 6) is 0. The molecule has 0 aliphatic heterocycles. The van der Waals surface area contributed by atoms with Crippen molar-refractivity contribution in [3.05, 3.63) is 0 Å². The Labute approximate surface area is 80.7 Å². The molecule has 0 saturated heterocycles. The van der Waals surface area contributed by atoms with Crippen LogP contribution in [-0.2, 0) is 0 Å². The van der Waals surface area contributed by atoms with Crippen LogP contribution in [0.25, 0.3) is 0 Å². The molecular weight excluding hydrogens is 164 g/mol. The van der Waals surface area contributed by atoms with Gasteiger partial charge in [-0.05, 0) is 19.8 Å². The minimum atomic E-state index is -0.406. The number of nitrogens with one attached hydrogen (secondary N) is 1. The zero-order chi connectivity index (χ0) is 9.68. The fourth-order valence-corrected chi connectivity index (χ4v) is 1.78. The van der Waals surface area contributed by atoms with Gasteiger partial charge in [0.15, 0.2) is 0 Å². The quantitative estimate of drug-likeness (QED) is 0.603. The van der Waals surface area contributed by atoms with Gasteiger partial charge >= 0.3 is 0 Å². The molecule has 0 aromatic heterocycles. The van der Waals surface area contributed by atoms with E-state index in [0.717, 1.165) is 6.54 Å². The zero-order valence-electron chi connectivity index (χ0n) is 8.50. The summed E-state index contributed by atoms with van der Waals surface area (Å²) in [6.45, 7) is 2.48. The number of nitrogens with two attached hydrogens (primary N) is 1. The van der Waals surface area contributed by atoms with Gasteiger partial charge in [0.05, 0.1) is 6.10 Å². The predicted molar refractivity (Wildman–Crippen MR) is 54.5 cm³/mol. The smallest absolute Gasteiger partial charge is 0.0675 e. The third kappa shape index (κ3) is 4.07. The van der Waals surface area contributed by atoms with Crippen molar-refractivity contribution in [1.82, 2.24) is 5.32 Å². The molecule has 0 spiro atoms. The first-order valence-corrected chi connectivity index (χ1v) is 5.37. The van der Waals surface area contributed by atoms with Crippen molar-refractivity contribution in [2.75, 3.05) is 6.54 Å². The molecule has 1 aliphatic rings. The molecule has 4 N–H and O–H groups in total. The number of aliphatic hydroxyl groups is 1. The average Bonchev–Trinajstić information content (AvgIpc) is 2.15. The third-order valence-corrected chi connectivity index (χ3v) is 2.87. The fraction of sp³-hybridized carbons (Fsp3) is 1.00. The maximum Gasteiger partial charge on any atom is 0.0675 e. The van der Waals surface area contributed by atoms with Crippen molar-refractivity contribution in [1.29, 1.82) is 0 Å². The van der Waals surface area contributed by atoms with Crippen LogP contribution in [0.5, 0.6) is 0 Å². The molecule has 0 bridgehead atoms. The minimum Gasteiger partial charge on any atom is -0.392 e. The maximum absolute atomic E-state index is 9.19. The van der Waals surface area contributed by atoms with Gasteiger partial charge in [0, 0.05) is 18.6 Å². The van der Waals surface area contributed by atoms with Gasteiger partial charge in [-0.2, -0.15) is 0 Å². The van der Waals surface area contributed by atoms with Crippen LogP contribution in [0.4, 0.5) is 0 Å². The third-order valence-electron chi connectivity index (χ3n) is 2.87. The summed E-state index contributed by atoms with van der Waals surface area (Å²) in [4.78, 5) is 0. The molecule has 13 heavy (non-hydrogen) atoms. The lowest BCUT2D eigenvalue weighted by Gasteiger charge is -2.25. The van der Waals surface area contributed by atoms with E-state index >= 15 is 0 Å². The average molecular weight is 186 g/mol. The van der Waals surface area contributed by atoms with E-state index in [9.17, 15) is 5.11 Å². The van der Waals surface area contributed by atoms with E-state index in [1.165, 1.54) is 32.1 Å². The Morgan fingerprint density at radius 2 is 2.00 bits per heavy atom. The Morgan fingerprint density at radius 3 is 2.54 bits per heavy atom. The Hall–Kier alpha value is -0.120. The second kappa shape index (κ2) is 5.58. The zero-order valence-corrected chi connectivity index (χ0v) is 8.50. The SMILES string of the molecule is CC(O)C(N)CNC1CCCCC1. The highest BCUT2D eigenvalue weighted by molar-refractivity contribution is 4.76. The second-order valence-electron chi connectivity index (χ2n) is 4.15. The van der Waals surface area contributed by atoms with Gasteiger partial charge in [-0.25, -0.2) is 0 Å². The van der Waals surface area contributed by atoms with Crippen LogP contribution in [0.15, 0.2) is 0 Å². The second-order valence-corrected chi connectivity index (χ2v) is 4.15. The molecule has 1 saturated carbocycles. The highest BCUT2D eigenvalue weighted by Crippen LogP contribution is 2.17. The van der Waals surface area contributed by atoms with E-state index in [2.05, 4.69) is 5.32 Å². The van der Waals surface area contributed by atoms with Crippen molar-refractivity contribution in [3.8, 4) is 0 Å². The van der Waals surface area contributed by atoms with Crippen LogP contribution in [0.1, 0.15) is 39.0 Å². The molecule has 0 amide bonds. The standard InChI is InChI=1S/C10H22N2O/c1-8(13)10(11)7-12-9-5-3-2-4-6-9/h8-10,12-13H,2-7,11H2,1H3. The van der Waals surface area contributed by atoms with Gasteiger partial charge < -0.3 is 16.2 Å². The first-order chi connectivity index (χ1) is 6.20. The highest BCUT2D eigenvalue weighted by atomic mass is 16.3. The molecule has 0 aromatic carbocycles. The van der Waals surface area contributed by atoms with Crippen LogP contribution >= 0.6 is 0 Å². The van der Waals surface area contributed by atoms with Gasteiger partial charge in [-0.3, -0.25) is 0 Å². The molecular formula is C10H22N2O. The summed E-state index contributed by atoms with van der Waals surface area (Å²) < 4.78 is 0. The molecule has 3 heteroatoms. The van der Waals surface area contributed by atoms with Gasteiger partial charge in [0.25, 0.3) is 0 Å². The van der Waals surface area contributed by atoms with Gasteiger partial charge in [0.2, 0.25) is 0 Å². The van der Waals surface area contributed by atoms with E-state index in [-0.39, 0.29) is 6.04 Å². The monoisotopic (exact) mass is 186 g/mol. The summed E-state index contributed by atoms with van der Waals surface area (Å²) in [6.07, 6.45) is 6.18. The van der Waals surface area contributed by atoms with Crippen molar-refractivity contribution >= 4 is 0 Å². The molecule has 78 valence electrons. The van der Waals surface area contributed by atoms with Crippen molar-refractivity contribution in [2.45, 2.75) is 57.2 Å². The molecule has 1 rings (SSSR count). The van der Waals surface area contributed by atoms with E-state index in [1.54, 1.807) is 6.92 Å².